The summed E-state index contributed by atoms with van der Waals surface area (Å²) in [5, 5.41) is 8.99. The maximum absolute atomic E-state index is 11.0. The van der Waals surface area contributed by atoms with Crippen LogP contribution in [0.4, 0.5) is 11.5 Å². The Balaban J connectivity index is 1.66. The van der Waals surface area contributed by atoms with Crippen molar-refractivity contribution >= 4 is 17.5 Å². The van der Waals surface area contributed by atoms with Gasteiger partial charge in [0, 0.05) is 18.9 Å². The molecule has 4 rings (SSSR count). The van der Waals surface area contributed by atoms with E-state index in [1.807, 2.05) is 11.9 Å². The van der Waals surface area contributed by atoms with Crippen molar-refractivity contribution in [3.05, 3.63) is 53.2 Å². The lowest BCUT2D eigenvalue weighted by Gasteiger charge is -2.20. The van der Waals surface area contributed by atoms with Gasteiger partial charge >= 0.3 is 5.97 Å². The quantitative estimate of drug-likeness (QED) is 0.894. The number of hydrogen-bond donors (Lipinski definition) is 1. The highest BCUT2D eigenvalue weighted by Crippen LogP contribution is 2.46. The van der Waals surface area contributed by atoms with E-state index in [0.29, 0.717) is 0 Å². The first-order chi connectivity index (χ1) is 11.1. The van der Waals surface area contributed by atoms with Crippen molar-refractivity contribution in [3.63, 3.8) is 0 Å². The number of carboxylic acids is 1. The number of pyridine rings is 1. The lowest BCUT2D eigenvalue weighted by atomic mass is 10.0. The molecule has 0 unspecified atom stereocenters. The number of carbonyl (C=O) groups is 1. The summed E-state index contributed by atoms with van der Waals surface area (Å²) in [7, 11) is 1.99. The van der Waals surface area contributed by atoms with E-state index < -0.39 is 5.97 Å². The van der Waals surface area contributed by atoms with Crippen molar-refractivity contribution in [1.29, 1.82) is 0 Å². The summed E-state index contributed by atoms with van der Waals surface area (Å²) in [6.07, 6.45) is 6.60. The Morgan fingerprint density at radius 1 is 1.09 bits per heavy atom. The zero-order chi connectivity index (χ0) is 16.0. The molecule has 0 saturated heterocycles. The molecule has 4 nitrogen and oxygen atoms in total. The molecule has 2 saturated carbocycles. The van der Waals surface area contributed by atoms with Gasteiger partial charge in [0.25, 0.3) is 0 Å². The largest absolute Gasteiger partial charge is 0.478 e. The maximum atomic E-state index is 11.0. The predicted molar refractivity (Wildman–Crippen MR) is 89.7 cm³/mol. The highest BCUT2D eigenvalue weighted by atomic mass is 16.4. The van der Waals surface area contributed by atoms with Crippen molar-refractivity contribution < 1.29 is 9.90 Å². The summed E-state index contributed by atoms with van der Waals surface area (Å²) >= 11 is 0. The Labute approximate surface area is 135 Å². The average molecular weight is 308 g/mol. The van der Waals surface area contributed by atoms with Crippen molar-refractivity contribution in [2.45, 2.75) is 37.5 Å². The predicted octanol–water partition coefficient (Wildman–Crippen LogP) is 4.30. The summed E-state index contributed by atoms with van der Waals surface area (Å²) in [6, 6.07) is 10.3. The van der Waals surface area contributed by atoms with Gasteiger partial charge in [0.15, 0.2) is 0 Å². The van der Waals surface area contributed by atoms with Crippen molar-refractivity contribution in [3.8, 4) is 0 Å². The van der Waals surface area contributed by atoms with Gasteiger partial charge in [0.2, 0.25) is 0 Å². The van der Waals surface area contributed by atoms with Gasteiger partial charge in [0.1, 0.15) is 5.82 Å². The van der Waals surface area contributed by atoms with Crippen LogP contribution in [0.25, 0.3) is 0 Å². The minimum Gasteiger partial charge on any atom is -0.478 e. The van der Waals surface area contributed by atoms with Crippen LogP contribution in [0.1, 0.15) is 59.0 Å². The van der Waals surface area contributed by atoms with Crippen molar-refractivity contribution in [2.75, 3.05) is 11.9 Å². The summed E-state index contributed by atoms with van der Waals surface area (Å²) in [5.41, 5.74) is 4.25. The second-order valence-corrected chi connectivity index (χ2v) is 6.68. The lowest BCUT2D eigenvalue weighted by Crippen LogP contribution is -2.12. The molecule has 4 heteroatoms. The van der Waals surface area contributed by atoms with E-state index in [9.17, 15) is 4.79 Å². The fraction of sp³-hybridized carbons (Fsp3) is 0.368. The zero-order valence-electron chi connectivity index (χ0n) is 13.2. The second-order valence-electron chi connectivity index (χ2n) is 6.68. The maximum Gasteiger partial charge on any atom is 0.337 e. The molecule has 2 fully saturated rings. The van der Waals surface area contributed by atoms with Crippen LogP contribution in [0, 0.1) is 0 Å². The smallest absolute Gasteiger partial charge is 0.337 e. The molecule has 0 aliphatic heterocycles. The van der Waals surface area contributed by atoms with Crippen LogP contribution in [-0.4, -0.2) is 23.1 Å². The van der Waals surface area contributed by atoms with Gasteiger partial charge in [-0.15, -0.1) is 0 Å². The molecule has 23 heavy (non-hydrogen) atoms. The van der Waals surface area contributed by atoms with Crippen LogP contribution in [0.2, 0.25) is 0 Å². The number of aromatic nitrogens is 1. The third-order valence-corrected chi connectivity index (χ3v) is 4.79. The Bertz CT molecular complexity index is 716. The van der Waals surface area contributed by atoms with Crippen molar-refractivity contribution in [1.82, 2.24) is 4.98 Å². The molecule has 118 valence electrons. The Kier molecular flexibility index (Phi) is 3.33. The summed E-state index contributed by atoms with van der Waals surface area (Å²) in [6.45, 7) is 0. The topological polar surface area (TPSA) is 53.4 Å². The standard InChI is InChI=1S/C19H20N2O2/c1-21(18-7-6-14(11-20-18)19(22)23)17-9-15(12-2-3-12)8-16(10-17)13-4-5-13/h6-13H,2-5H2,1H3,(H,22,23). The molecule has 0 atom stereocenters. The molecule has 1 heterocycles. The number of nitrogens with zero attached hydrogens (tertiary/aromatic N) is 2. The highest BCUT2D eigenvalue weighted by molar-refractivity contribution is 5.87. The normalized spacial score (nSPS) is 17.1. The minimum absolute atomic E-state index is 0.215. The summed E-state index contributed by atoms with van der Waals surface area (Å²) in [4.78, 5) is 17.3. The Hall–Kier alpha value is -2.36. The zero-order valence-corrected chi connectivity index (χ0v) is 13.2. The summed E-state index contributed by atoms with van der Waals surface area (Å²) < 4.78 is 0. The van der Waals surface area contributed by atoms with E-state index in [2.05, 4.69) is 23.2 Å². The summed E-state index contributed by atoms with van der Waals surface area (Å²) in [5.74, 6) is 1.27. The van der Waals surface area contributed by atoms with Gasteiger partial charge in [-0.3, -0.25) is 0 Å². The molecule has 2 aliphatic rings. The second kappa shape index (κ2) is 5.37. The molecule has 0 radical (unpaired) electrons. The number of anilines is 2. The number of aromatic carboxylic acids is 1. The Morgan fingerprint density at radius 2 is 1.70 bits per heavy atom. The van der Waals surface area contributed by atoms with Crippen LogP contribution >= 0.6 is 0 Å². The number of rotatable bonds is 5. The number of benzene rings is 1. The van der Waals surface area contributed by atoms with E-state index in [0.717, 1.165) is 23.3 Å². The molecular formula is C19H20N2O2. The molecule has 2 aromatic rings. The average Bonchev–Trinajstić information content (AvgIpc) is 3.46. The fourth-order valence-electron chi connectivity index (χ4n) is 3.00. The van der Waals surface area contributed by atoms with Crippen LogP contribution in [0.5, 0.6) is 0 Å². The first-order valence-electron chi connectivity index (χ1n) is 8.20. The molecule has 0 bridgehead atoms. The molecule has 0 spiro atoms. The van der Waals surface area contributed by atoms with Crippen LogP contribution in [-0.2, 0) is 0 Å². The van der Waals surface area contributed by atoms with Crippen LogP contribution < -0.4 is 4.90 Å². The highest BCUT2D eigenvalue weighted by Gasteiger charge is 2.29. The van der Waals surface area contributed by atoms with Gasteiger partial charge in [-0.1, -0.05) is 6.07 Å². The molecule has 1 N–H and O–H groups in total. The van der Waals surface area contributed by atoms with Crippen LogP contribution in [0.15, 0.2) is 36.5 Å². The fourth-order valence-corrected chi connectivity index (χ4v) is 3.00. The van der Waals surface area contributed by atoms with Crippen molar-refractivity contribution in [2.24, 2.45) is 0 Å². The third-order valence-electron chi connectivity index (χ3n) is 4.79. The molecule has 0 amide bonds. The van der Waals surface area contributed by atoms with Gasteiger partial charge in [-0.05, 0) is 72.9 Å². The van der Waals surface area contributed by atoms with E-state index in [4.69, 9.17) is 5.11 Å². The van der Waals surface area contributed by atoms with E-state index in [-0.39, 0.29) is 5.56 Å². The first-order valence-corrected chi connectivity index (χ1v) is 8.20. The van der Waals surface area contributed by atoms with E-state index in [1.54, 1.807) is 12.1 Å². The minimum atomic E-state index is -0.946. The molecule has 1 aromatic carbocycles. The van der Waals surface area contributed by atoms with Gasteiger partial charge in [-0.25, -0.2) is 9.78 Å². The van der Waals surface area contributed by atoms with Crippen LogP contribution in [0.3, 0.4) is 0 Å². The molecule has 2 aliphatic carbocycles. The van der Waals surface area contributed by atoms with Gasteiger partial charge in [-0.2, -0.15) is 0 Å². The molecule has 1 aromatic heterocycles. The number of carboxylic acid groups (broad SMARTS) is 1. The third kappa shape index (κ3) is 2.93. The van der Waals surface area contributed by atoms with E-state index >= 15 is 0 Å². The SMILES string of the molecule is CN(c1cc(C2CC2)cc(C2CC2)c1)c1ccc(C(=O)O)cn1. The van der Waals surface area contributed by atoms with Gasteiger partial charge in [0.05, 0.1) is 5.56 Å². The monoisotopic (exact) mass is 308 g/mol. The lowest BCUT2D eigenvalue weighted by molar-refractivity contribution is 0.0696. The molecular weight excluding hydrogens is 288 g/mol. The van der Waals surface area contributed by atoms with Gasteiger partial charge < -0.3 is 10.0 Å². The first kappa shape index (κ1) is 14.2. The van der Waals surface area contributed by atoms with E-state index in [1.165, 1.54) is 43.0 Å². The Morgan fingerprint density at radius 3 is 2.13 bits per heavy atom. The number of hydrogen-bond acceptors (Lipinski definition) is 3.